The van der Waals surface area contributed by atoms with E-state index in [2.05, 4.69) is 21.2 Å². The van der Waals surface area contributed by atoms with Crippen LogP contribution in [0, 0.1) is 0 Å². The van der Waals surface area contributed by atoms with Crippen molar-refractivity contribution in [3.8, 4) is 0 Å². The maximum atomic E-state index is 12.0. The Morgan fingerprint density at radius 3 is 2.63 bits per heavy atom. The van der Waals surface area contributed by atoms with Gasteiger partial charge in [0.05, 0.1) is 5.69 Å². The van der Waals surface area contributed by atoms with Gasteiger partial charge in [0.25, 0.3) is 0 Å². The lowest BCUT2D eigenvalue weighted by Gasteiger charge is -2.24. The van der Waals surface area contributed by atoms with E-state index in [-0.39, 0.29) is 0 Å². The molecule has 5 nitrogen and oxygen atoms in total. The minimum atomic E-state index is -1.03. The SMILES string of the molecule is CCC(C(=O)O)N(C)C(=O)Nc1ccc(Cl)cc1Br. The molecule has 2 amide bonds. The highest BCUT2D eigenvalue weighted by Gasteiger charge is 2.24. The van der Waals surface area contributed by atoms with Crippen molar-refractivity contribution in [3.63, 3.8) is 0 Å². The van der Waals surface area contributed by atoms with Gasteiger partial charge in [0.15, 0.2) is 0 Å². The van der Waals surface area contributed by atoms with Gasteiger partial charge in [-0.25, -0.2) is 9.59 Å². The van der Waals surface area contributed by atoms with Crippen LogP contribution in [0.3, 0.4) is 0 Å². The van der Waals surface area contributed by atoms with Crippen LogP contribution in [0.25, 0.3) is 0 Å². The summed E-state index contributed by atoms with van der Waals surface area (Å²) in [5.74, 6) is -1.03. The van der Waals surface area contributed by atoms with Gasteiger partial charge in [0, 0.05) is 16.5 Å². The topological polar surface area (TPSA) is 69.6 Å². The van der Waals surface area contributed by atoms with Crippen molar-refractivity contribution in [1.29, 1.82) is 0 Å². The first kappa shape index (κ1) is 15.8. The zero-order valence-electron chi connectivity index (χ0n) is 10.5. The molecule has 0 aliphatic rings. The molecule has 0 fully saturated rings. The maximum Gasteiger partial charge on any atom is 0.326 e. The lowest BCUT2D eigenvalue weighted by molar-refractivity contribution is -0.141. The number of carboxylic acid groups (broad SMARTS) is 1. The zero-order chi connectivity index (χ0) is 14.6. The Morgan fingerprint density at radius 2 is 2.16 bits per heavy atom. The number of hydrogen-bond acceptors (Lipinski definition) is 2. The summed E-state index contributed by atoms with van der Waals surface area (Å²) in [6, 6.07) is 3.57. The molecule has 19 heavy (non-hydrogen) atoms. The molecule has 2 N–H and O–H groups in total. The molecule has 0 heterocycles. The molecule has 0 saturated heterocycles. The van der Waals surface area contributed by atoms with Crippen LogP contribution in [0.4, 0.5) is 10.5 Å². The zero-order valence-corrected chi connectivity index (χ0v) is 12.8. The summed E-state index contributed by atoms with van der Waals surface area (Å²) < 4.78 is 0.630. The van der Waals surface area contributed by atoms with Gasteiger partial charge < -0.3 is 15.3 Å². The number of carbonyl (C=O) groups is 2. The molecular formula is C12H14BrClN2O3. The Morgan fingerprint density at radius 1 is 1.53 bits per heavy atom. The summed E-state index contributed by atoms with van der Waals surface area (Å²) in [5, 5.41) is 12.2. The summed E-state index contributed by atoms with van der Waals surface area (Å²) in [7, 11) is 1.45. The van der Waals surface area contributed by atoms with Crippen LogP contribution in [0.15, 0.2) is 22.7 Å². The van der Waals surface area contributed by atoms with Gasteiger partial charge in [0.1, 0.15) is 6.04 Å². The molecule has 1 rings (SSSR count). The number of likely N-dealkylation sites (N-methyl/N-ethyl adjacent to an activating group) is 1. The molecule has 0 radical (unpaired) electrons. The Hall–Kier alpha value is -1.27. The molecule has 1 aromatic carbocycles. The van der Waals surface area contributed by atoms with Crippen LogP contribution in [-0.4, -0.2) is 35.1 Å². The number of rotatable bonds is 4. The van der Waals surface area contributed by atoms with Crippen LogP contribution in [-0.2, 0) is 4.79 Å². The number of nitrogens with zero attached hydrogens (tertiary/aromatic N) is 1. The predicted octanol–water partition coefficient (Wildman–Crippen LogP) is 3.43. The van der Waals surface area contributed by atoms with E-state index in [4.69, 9.17) is 16.7 Å². The highest BCUT2D eigenvalue weighted by atomic mass is 79.9. The average molecular weight is 350 g/mol. The molecule has 0 aliphatic carbocycles. The third-order valence-electron chi connectivity index (χ3n) is 2.63. The highest BCUT2D eigenvalue weighted by Crippen LogP contribution is 2.26. The molecular weight excluding hydrogens is 336 g/mol. The van der Waals surface area contributed by atoms with Gasteiger partial charge in [0.2, 0.25) is 0 Å². The van der Waals surface area contributed by atoms with Gasteiger partial charge >= 0.3 is 12.0 Å². The summed E-state index contributed by atoms with van der Waals surface area (Å²) in [5.41, 5.74) is 0.529. The maximum absolute atomic E-state index is 12.0. The summed E-state index contributed by atoms with van der Waals surface area (Å²) in [4.78, 5) is 24.1. The molecule has 0 saturated carbocycles. The van der Waals surface area contributed by atoms with E-state index >= 15 is 0 Å². The van der Waals surface area contributed by atoms with Gasteiger partial charge in [-0.05, 0) is 40.5 Å². The van der Waals surface area contributed by atoms with Crippen molar-refractivity contribution >= 4 is 45.2 Å². The number of urea groups is 1. The standard InChI is InChI=1S/C12H14BrClN2O3/c1-3-10(11(17)18)16(2)12(19)15-9-5-4-7(14)6-8(9)13/h4-6,10H,3H2,1-2H3,(H,15,19)(H,17,18). The van der Waals surface area contributed by atoms with E-state index in [1.165, 1.54) is 7.05 Å². The largest absolute Gasteiger partial charge is 0.480 e. The molecule has 1 unspecified atom stereocenters. The number of halogens is 2. The fraction of sp³-hybridized carbons (Fsp3) is 0.333. The van der Waals surface area contributed by atoms with E-state index in [1.807, 2.05) is 0 Å². The fourth-order valence-electron chi connectivity index (χ4n) is 1.55. The molecule has 0 spiro atoms. The molecule has 0 bridgehead atoms. The van der Waals surface area contributed by atoms with Crippen molar-refractivity contribution in [2.24, 2.45) is 0 Å². The predicted molar refractivity (Wildman–Crippen MR) is 77.6 cm³/mol. The van der Waals surface area contributed by atoms with Gasteiger partial charge in [-0.2, -0.15) is 0 Å². The number of nitrogens with one attached hydrogen (secondary N) is 1. The van der Waals surface area contributed by atoms with Crippen LogP contribution >= 0.6 is 27.5 Å². The Labute approximate surface area is 124 Å². The lowest BCUT2D eigenvalue weighted by atomic mass is 10.2. The smallest absolute Gasteiger partial charge is 0.326 e. The van der Waals surface area contributed by atoms with Crippen molar-refractivity contribution in [2.45, 2.75) is 19.4 Å². The first-order valence-electron chi connectivity index (χ1n) is 5.58. The van der Waals surface area contributed by atoms with Gasteiger partial charge in [-0.15, -0.1) is 0 Å². The Balaban J connectivity index is 2.81. The van der Waals surface area contributed by atoms with Crippen LogP contribution in [0.2, 0.25) is 5.02 Å². The summed E-state index contributed by atoms with van der Waals surface area (Å²) in [6.07, 6.45) is 0.334. The quantitative estimate of drug-likeness (QED) is 0.875. The van der Waals surface area contributed by atoms with Crippen LogP contribution in [0.1, 0.15) is 13.3 Å². The number of aliphatic carboxylic acids is 1. The number of hydrogen-bond donors (Lipinski definition) is 2. The third-order valence-corrected chi connectivity index (χ3v) is 3.52. The molecule has 1 aromatic rings. The van der Waals surface area contributed by atoms with Crippen molar-refractivity contribution in [3.05, 3.63) is 27.7 Å². The lowest BCUT2D eigenvalue weighted by Crippen LogP contribution is -2.44. The second-order valence-corrected chi connectivity index (χ2v) is 5.22. The van der Waals surface area contributed by atoms with Crippen LogP contribution in [0.5, 0.6) is 0 Å². The number of amides is 2. The van der Waals surface area contributed by atoms with Crippen molar-refractivity contribution < 1.29 is 14.7 Å². The number of anilines is 1. The molecule has 104 valence electrons. The number of carboxylic acids is 1. The van der Waals surface area contributed by atoms with E-state index in [9.17, 15) is 9.59 Å². The number of benzene rings is 1. The average Bonchev–Trinajstić information content (AvgIpc) is 2.32. The van der Waals surface area contributed by atoms with Gasteiger partial charge in [-0.3, -0.25) is 0 Å². The fourth-order valence-corrected chi connectivity index (χ4v) is 2.33. The number of carbonyl (C=O) groups excluding carboxylic acids is 1. The first-order chi connectivity index (χ1) is 8.86. The van der Waals surface area contributed by atoms with E-state index in [1.54, 1.807) is 25.1 Å². The van der Waals surface area contributed by atoms with E-state index in [0.717, 1.165) is 4.90 Å². The Kier molecular flexibility index (Phi) is 5.62. The molecule has 7 heteroatoms. The first-order valence-corrected chi connectivity index (χ1v) is 6.75. The molecule has 1 atom stereocenters. The minimum absolute atomic E-state index is 0.334. The summed E-state index contributed by atoms with van der Waals surface area (Å²) in [6.45, 7) is 1.71. The monoisotopic (exact) mass is 348 g/mol. The van der Waals surface area contributed by atoms with Crippen molar-refractivity contribution in [2.75, 3.05) is 12.4 Å². The molecule has 0 aromatic heterocycles. The van der Waals surface area contributed by atoms with E-state index < -0.39 is 18.0 Å². The summed E-state index contributed by atoms with van der Waals surface area (Å²) >= 11 is 9.07. The van der Waals surface area contributed by atoms with Crippen molar-refractivity contribution in [1.82, 2.24) is 4.90 Å². The second kappa shape index (κ2) is 6.77. The molecule has 0 aliphatic heterocycles. The van der Waals surface area contributed by atoms with E-state index in [0.29, 0.717) is 21.6 Å². The van der Waals surface area contributed by atoms with Crippen LogP contribution < -0.4 is 5.32 Å². The third kappa shape index (κ3) is 4.11. The normalized spacial score (nSPS) is 11.8. The second-order valence-electron chi connectivity index (χ2n) is 3.93. The highest BCUT2D eigenvalue weighted by molar-refractivity contribution is 9.10. The van der Waals surface area contributed by atoms with Gasteiger partial charge in [-0.1, -0.05) is 18.5 Å². The minimum Gasteiger partial charge on any atom is -0.480 e. The Bertz CT molecular complexity index is 496.